The van der Waals surface area contributed by atoms with Crippen LogP contribution in [0.15, 0.2) is 29.2 Å². The van der Waals surface area contributed by atoms with Gasteiger partial charge in [0.1, 0.15) is 10.6 Å². The molecule has 1 aromatic carbocycles. The number of hydrogen-bond acceptors (Lipinski definition) is 8. The van der Waals surface area contributed by atoms with Crippen LogP contribution < -0.4 is 10.0 Å². The third-order valence-electron chi connectivity index (χ3n) is 3.26. The Morgan fingerprint density at radius 1 is 1.19 bits per heavy atom. The normalized spacial score (nSPS) is 11.9. The summed E-state index contributed by atoms with van der Waals surface area (Å²) in [6, 6.07) is 6.07. The van der Waals surface area contributed by atoms with Gasteiger partial charge in [-0.1, -0.05) is 36.8 Å². The summed E-state index contributed by atoms with van der Waals surface area (Å²) in [6.07, 6.45) is 1.12. The van der Waals surface area contributed by atoms with E-state index in [0.29, 0.717) is 5.01 Å². The monoisotopic (exact) mass is 412 g/mol. The van der Waals surface area contributed by atoms with Crippen molar-refractivity contribution in [3.05, 3.63) is 24.3 Å². The zero-order valence-corrected chi connectivity index (χ0v) is 17.4. The lowest BCUT2D eigenvalue weighted by Gasteiger charge is -2.19. The van der Waals surface area contributed by atoms with Gasteiger partial charge in [0.25, 0.3) is 10.0 Å². The molecule has 0 fully saturated rings. The maximum atomic E-state index is 12.3. The number of benzene rings is 1. The van der Waals surface area contributed by atoms with E-state index < -0.39 is 21.7 Å². The maximum absolute atomic E-state index is 12.3. The van der Waals surface area contributed by atoms with Gasteiger partial charge in [-0.2, -0.15) is 0 Å². The molecule has 0 bridgehead atoms. The second-order valence-electron chi connectivity index (χ2n) is 6.82. The molecule has 2 aromatic rings. The Bertz CT molecular complexity index is 871. The van der Waals surface area contributed by atoms with Crippen LogP contribution in [0.5, 0.6) is 0 Å². The summed E-state index contributed by atoms with van der Waals surface area (Å²) in [5, 5.41) is 12.8. The molecule has 1 amide bonds. The van der Waals surface area contributed by atoms with Gasteiger partial charge in [0, 0.05) is 12.1 Å². The maximum Gasteiger partial charge on any atom is 0.421 e. The van der Waals surface area contributed by atoms with Crippen LogP contribution in [0, 0.1) is 0 Å². The van der Waals surface area contributed by atoms with E-state index in [4.69, 9.17) is 4.74 Å². The Labute approximate surface area is 163 Å². The second-order valence-corrected chi connectivity index (χ2v) is 9.48. The first kappa shape index (κ1) is 21.1. The Morgan fingerprint density at radius 3 is 2.44 bits per heavy atom. The molecule has 1 aromatic heterocycles. The minimum Gasteiger partial charge on any atom is -0.443 e. The third-order valence-corrected chi connectivity index (χ3v) is 5.52. The van der Waals surface area contributed by atoms with Crippen molar-refractivity contribution in [3.8, 4) is 10.6 Å². The van der Waals surface area contributed by atoms with Crippen LogP contribution in [0.2, 0.25) is 0 Å². The molecular formula is C17H24N4O4S2. The zero-order chi connectivity index (χ0) is 20.1. The van der Waals surface area contributed by atoms with Crippen LogP contribution in [-0.2, 0) is 14.8 Å². The van der Waals surface area contributed by atoms with Crippen molar-refractivity contribution in [1.29, 1.82) is 0 Å². The lowest BCUT2D eigenvalue weighted by molar-refractivity contribution is 0.0570. The first-order chi connectivity index (χ1) is 12.6. The fraction of sp³-hybridized carbons (Fsp3) is 0.471. The topological polar surface area (TPSA) is 110 Å². The molecule has 8 nitrogen and oxygen atoms in total. The summed E-state index contributed by atoms with van der Waals surface area (Å²) < 4.78 is 31.4. The SMILES string of the molecule is CCCCNc1nnc(-c2ccc(S(=O)(=O)NC(=O)OC(C)(C)C)cc2)s1. The fourth-order valence-electron chi connectivity index (χ4n) is 2.03. The van der Waals surface area contributed by atoms with E-state index >= 15 is 0 Å². The van der Waals surface area contributed by atoms with Gasteiger partial charge < -0.3 is 10.1 Å². The van der Waals surface area contributed by atoms with Gasteiger partial charge in [-0.3, -0.25) is 0 Å². The van der Waals surface area contributed by atoms with Crippen LogP contribution >= 0.6 is 11.3 Å². The standard InChI is InChI=1S/C17H24N4O4S2/c1-5-6-11-18-15-20-19-14(26-15)12-7-9-13(10-8-12)27(23,24)21-16(22)25-17(2,3)4/h7-10H,5-6,11H2,1-4H3,(H,18,20)(H,21,22). The molecule has 0 unspecified atom stereocenters. The molecule has 10 heteroatoms. The summed E-state index contributed by atoms with van der Waals surface area (Å²) in [6.45, 7) is 7.91. The smallest absolute Gasteiger partial charge is 0.421 e. The van der Waals surface area contributed by atoms with E-state index in [-0.39, 0.29) is 4.90 Å². The molecule has 27 heavy (non-hydrogen) atoms. The number of nitrogens with zero attached hydrogens (tertiary/aromatic N) is 2. The molecular weight excluding hydrogens is 388 g/mol. The van der Waals surface area contributed by atoms with E-state index in [9.17, 15) is 13.2 Å². The van der Waals surface area contributed by atoms with Gasteiger partial charge in [0.15, 0.2) is 0 Å². The highest BCUT2D eigenvalue weighted by Gasteiger charge is 2.23. The number of carbonyl (C=O) groups excluding carboxylic acids is 1. The van der Waals surface area contributed by atoms with Crippen LogP contribution in [0.25, 0.3) is 10.6 Å². The van der Waals surface area contributed by atoms with Crippen LogP contribution in [0.3, 0.4) is 0 Å². The lowest BCUT2D eigenvalue weighted by Crippen LogP contribution is -2.36. The van der Waals surface area contributed by atoms with E-state index in [1.165, 1.54) is 23.5 Å². The number of amides is 1. The molecule has 0 aliphatic carbocycles. The van der Waals surface area contributed by atoms with Crippen molar-refractivity contribution >= 4 is 32.6 Å². The number of aromatic nitrogens is 2. The van der Waals surface area contributed by atoms with Gasteiger partial charge in [-0.05, 0) is 39.3 Å². The Morgan fingerprint density at radius 2 is 1.85 bits per heavy atom. The minimum atomic E-state index is -4.01. The van der Waals surface area contributed by atoms with E-state index in [1.807, 2.05) is 4.72 Å². The molecule has 2 rings (SSSR count). The largest absolute Gasteiger partial charge is 0.443 e. The molecule has 0 saturated heterocycles. The van der Waals surface area contributed by atoms with E-state index in [0.717, 1.165) is 30.1 Å². The first-order valence-electron chi connectivity index (χ1n) is 8.54. The number of nitrogens with one attached hydrogen (secondary N) is 2. The number of unbranched alkanes of at least 4 members (excludes halogenated alkanes) is 1. The van der Waals surface area contributed by atoms with Gasteiger partial charge in [0.2, 0.25) is 5.13 Å². The summed E-state index contributed by atoms with van der Waals surface area (Å²) in [5.41, 5.74) is -0.0447. The summed E-state index contributed by atoms with van der Waals surface area (Å²) in [5.74, 6) is 0. The molecule has 0 aliphatic rings. The number of ether oxygens (including phenoxy) is 1. The second kappa shape index (κ2) is 8.66. The van der Waals surface area contributed by atoms with Crippen molar-refractivity contribution < 1.29 is 17.9 Å². The van der Waals surface area contributed by atoms with E-state index in [1.54, 1.807) is 32.9 Å². The molecule has 0 saturated carbocycles. The highest BCUT2D eigenvalue weighted by atomic mass is 32.2. The quantitative estimate of drug-likeness (QED) is 0.668. The molecule has 1 heterocycles. The van der Waals surface area contributed by atoms with Crippen molar-refractivity contribution in [2.24, 2.45) is 0 Å². The van der Waals surface area contributed by atoms with Crippen LogP contribution in [0.4, 0.5) is 9.93 Å². The molecule has 2 N–H and O–H groups in total. The number of hydrogen-bond donors (Lipinski definition) is 2. The Balaban J connectivity index is 2.07. The number of sulfonamides is 1. The minimum absolute atomic E-state index is 0.0390. The average molecular weight is 413 g/mol. The van der Waals surface area contributed by atoms with Gasteiger partial charge in [0.05, 0.1) is 4.90 Å². The predicted octanol–water partition coefficient (Wildman–Crippen LogP) is 3.63. The van der Waals surface area contributed by atoms with Crippen molar-refractivity contribution in [1.82, 2.24) is 14.9 Å². The van der Waals surface area contributed by atoms with Gasteiger partial charge in [-0.15, -0.1) is 10.2 Å². The van der Waals surface area contributed by atoms with Crippen molar-refractivity contribution in [2.75, 3.05) is 11.9 Å². The molecule has 0 atom stereocenters. The highest BCUT2D eigenvalue weighted by molar-refractivity contribution is 7.90. The van der Waals surface area contributed by atoms with Gasteiger partial charge >= 0.3 is 6.09 Å². The molecule has 0 radical (unpaired) electrons. The highest BCUT2D eigenvalue weighted by Crippen LogP contribution is 2.27. The van der Waals surface area contributed by atoms with E-state index in [2.05, 4.69) is 22.4 Å². The van der Waals surface area contributed by atoms with Crippen molar-refractivity contribution in [3.63, 3.8) is 0 Å². The Hall–Kier alpha value is -2.20. The summed E-state index contributed by atoms with van der Waals surface area (Å²) in [4.78, 5) is 11.7. The predicted molar refractivity (Wildman–Crippen MR) is 105 cm³/mol. The zero-order valence-electron chi connectivity index (χ0n) is 15.8. The molecule has 0 aliphatic heterocycles. The van der Waals surface area contributed by atoms with Crippen LogP contribution in [0.1, 0.15) is 40.5 Å². The number of carbonyl (C=O) groups is 1. The molecule has 148 valence electrons. The average Bonchev–Trinajstić information content (AvgIpc) is 3.02. The summed E-state index contributed by atoms with van der Waals surface area (Å²) in [7, 11) is -4.01. The summed E-state index contributed by atoms with van der Waals surface area (Å²) >= 11 is 1.39. The first-order valence-corrected chi connectivity index (χ1v) is 10.8. The van der Waals surface area contributed by atoms with Crippen LogP contribution in [-0.4, -0.2) is 36.9 Å². The number of rotatable bonds is 7. The Kier molecular flexibility index (Phi) is 6.77. The van der Waals surface area contributed by atoms with Gasteiger partial charge in [-0.25, -0.2) is 17.9 Å². The fourth-order valence-corrected chi connectivity index (χ4v) is 3.68. The third kappa shape index (κ3) is 6.47. The molecule has 0 spiro atoms. The number of anilines is 1. The van der Waals surface area contributed by atoms with Crippen molar-refractivity contribution in [2.45, 2.75) is 51.0 Å². The lowest BCUT2D eigenvalue weighted by atomic mass is 10.2.